The lowest BCUT2D eigenvalue weighted by atomic mass is 10.4. The number of halogens is 4. The summed E-state index contributed by atoms with van der Waals surface area (Å²) in [7, 11) is 0. The van der Waals surface area contributed by atoms with Crippen molar-refractivity contribution < 1.29 is 17.6 Å². The van der Waals surface area contributed by atoms with Gasteiger partial charge in [-0.05, 0) is 15.9 Å². The Balaban J connectivity index is 2.69. The van der Waals surface area contributed by atoms with Crippen LogP contribution in [0.4, 0.5) is 13.2 Å². The Kier molecular flexibility index (Phi) is 1.99. The molecule has 0 fully saturated rings. The van der Waals surface area contributed by atoms with E-state index in [-0.39, 0.29) is 15.7 Å². The van der Waals surface area contributed by atoms with Gasteiger partial charge in [-0.1, -0.05) is 0 Å². The summed E-state index contributed by atoms with van der Waals surface area (Å²) in [4.78, 5) is 7.01. The minimum Gasteiger partial charge on any atom is -0.433 e. The van der Waals surface area contributed by atoms with Crippen molar-refractivity contribution in [3.8, 4) is 0 Å². The van der Waals surface area contributed by atoms with Crippen LogP contribution in [-0.4, -0.2) is 9.97 Å². The maximum absolute atomic E-state index is 12.2. The van der Waals surface area contributed by atoms with Crippen LogP contribution in [0.25, 0.3) is 11.1 Å². The van der Waals surface area contributed by atoms with Crippen molar-refractivity contribution in [1.82, 2.24) is 9.97 Å². The van der Waals surface area contributed by atoms with Gasteiger partial charge in [-0.3, -0.25) is 0 Å². The van der Waals surface area contributed by atoms with E-state index >= 15 is 0 Å². The fourth-order valence-corrected chi connectivity index (χ4v) is 1.35. The first kappa shape index (κ1) is 9.45. The van der Waals surface area contributed by atoms with Gasteiger partial charge in [0.2, 0.25) is 0 Å². The van der Waals surface area contributed by atoms with Gasteiger partial charge in [-0.25, -0.2) is 9.97 Å². The zero-order valence-electron chi connectivity index (χ0n) is 6.47. The summed E-state index contributed by atoms with van der Waals surface area (Å²) in [6, 6.07) is 1.32. The highest BCUT2D eigenvalue weighted by Crippen LogP contribution is 2.32. The fourth-order valence-electron chi connectivity index (χ4n) is 0.945. The number of rotatable bonds is 0. The van der Waals surface area contributed by atoms with Gasteiger partial charge in [-0.15, -0.1) is 0 Å². The maximum Gasteiger partial charge on any atom is 0.468 e. The third-order valence-electron chi connectivity index (χ3n) is 1.51. The van der Waals surface area contributed by atoms with Gasteiger partial charge in [0.25, 0.3) is 0 Å². The first-order valence-corrected chi connectivity index (χ1v) is 4.26. The normalized spacial score (nSPS) is 12.3. The van der Waals surface area contributed by atoms with E-state index in [1.807, 2.05) is 0 Å². The monoisotopic (exact) mass is 266 g/mol. The van der Waals surface area contributed by atoms with E-state index in [1.54, 1.807) is 0 Å². The molecule has 7 heteroatoms. The molecule has 2 aromatic rings. The minimum atomic E-state index is -4.57. The zero-order chi connectivity index (χ0) is 10.3. The van der Waals surface area contributed by atoms with Crippen LogP contribution in [0, 0.1) is 0 Å². The van der Waals surface area contributed by atoms with Crippen molar-refractivity contribution in [3.05, 3.63) is 22.8 Å². The van der Waals surface area contributed by atoms with Crippen molar-refractivity contribution in [2.75, 3.05) is 0 Å². The van der Waals surface area contributed by atoms with E-state index in [4.69, 9.17) is 0 Å². The SMILES string of the molecule is FC(F)(F)c1nc2c(Br)nccc2o1. The lowest BCUT2D eigenvalue weighted by molar-refractivity contribution is -0.156. The number of hydrogen-bond donors (Lipinski definition) is 0. The molecule has 74 valence electrons. The molecule has 0 amide bonds. The van der Waals surface area contributed by atoms with Crippen LogP contribution in [0.5, 0.6) is 0 Å². The topological polar surface area (TPSA) is 38.9 Å². The molecule has 0 atom stereocenters. The molecule has 0 aliphatic carbocycles. The van der Waals surface area contributed by atoms with Crippen LogP contribution in [0.1, 0.15) is 5.89 Å². The van der Waals surface area contributed by atoms with Crippen LogP contribution in [0.15, 0.2) is 21.3 Å². The third kappa shape index (κ3) is 1.47. The summed E-state index contributed by atoms with van der Waals surface area (Å²) in [6.45, 7) is 0. The second-order valence-electron chi connectivity index (χ2n) is 2.47. The molecule has 2 rings (SSSR count). The Bertz CT molecular complexity index is 479. The van der Waals surface area contributed by atoms with E-state index in [0.29, 0.717) is 0 Å². The molecule has 2 heterocycles. The zero-order valence-corrected chi connectivity index (χ0v) is 8.06. The van der Waals surface area contributed by atoms with Crippen molar-refractivity contribution in [3.63, 3.8) is 0 Å². The predicted octanol–water partition coefficient (Wildman–Crippen LogP) is 3.00. The van der Waals surface area contributed by atoms with Crippen LogP contribution in [-0.2, 0) is 6.18 Å². The molecule has 14 heavy (non-hydrogen) atoms. The molecule has 0 unspecified atom stereocenters. The molecular weight excluding hydrogens is 265 g/mol. The van der Waals surface area contributed by atoms with E-state index < -0.39 is 12.1 Å². The van der Waals surface area contributed by atoms with Crippen molar-refractivity contribution >= 4 is 27.0 Å². The van der Waals surface area contributed by atoms with Crippen LogP contribution in [0.3, 0.4) is 0 Å². The Morgan fingerprint density at radius 3 is 2.64 bits per heavy atom. The molecule has 0 aromatic carbocycles. The van der Waals surface area contributed by atoms with E-state index in [1.165, 1.54) is 12.3 Å². The molecule has 0 saturated carbocycles. The van der Waals surface area contributed by atoms with Crippen LogP contribution < -0.4 is 0 Å². The number of hydrogen-bond acceptors (Lipinski definition) is 3. The smallest absolute Gasteiger partial charge is 0.433 e. The summed E-state index contributed by atoms with van der Waals surface area (Å²) in [5, 5.41) is 0. The standard InChI is InChI=1S/C7H2BrF3N2O/c8-5-4-3(1-2-12-5)14-6(13-4)7(9,10)11/h1-2H. The van der Waals surface area contributed by atoms with Gasteiger partial charge >= 0.3 is 12.1 Å². The molecule has 0 bridgehead atoms. The van der Waals surface area contributed by atoms with Crippen molar-refractivity contribution in [1.29, 1.82) is 0 Å². The molecule has 0 radical (unpaired) electrons. The number of fused-ring (bicyclic) bond motifs is 1. The largest absolute Gasteiger partial charge is 0.468 e. The first-order valence-electron chi connectivity index (χ1n) is 3.47. The van der Waals surface area contributed by atoms with E-state index in [2.05, 4.69) is 30.3 Å². The number of alkyl halides is 3. The van der Waals surface area contributed by atoms with Crippen LogP contribution in [0.2, 0.25) is 0 Å². The molecule has 0 spiro atoms. The molecule has 0 aliphatic rings. The molecule has 2 aromatic heterocycles. The molecule has 0 aliphatic heterocycles. The van der Waals surface area contributed by atoms with Gasteiger partial charge in [0.15, 0.2) is 5.58 Å². The second kappa shape index (κ2) is 2.94. The molecule has 0 saturated heterocycles. The average Bonchev–Trinajstić information content (AvgIpc) is 2.48. The maximum atomic E-state index is 12.2. The summed E-state index contributed by atoms with van der Waals surface area (Å²) in [6.07, 6.45) is -3.24. The summed E-state index contributed by atoms with van der Waals surface area (Å²) in [5.41, 5.74) is 0.124. The van der Waals surface area contributed by atoms with E-state index in [0.717, 1.165) is 0 Å². The third-order valence-corrected chi connectivity index (χ3v) is 2.09. The highest BCUT2D eigenvalue weighted by molar-refractivity contribution is 9.10. The highest BCUT2D eigenvalue weighted by Gasteiger charge is 2.37. The second-order valence-corrected chi connectivity index (χ2v) is 3.22. The van der Waals surface area contributed by atoms with Gasteiger partial charge in [0.1, 0.15) is 10.1 Å². The first-order chi connectivity index (χ1) is 6.48. The van der Waals surface area contributed by atoms with Crippen molar-refractivity contribution in [2.24, 2.45) is 0 Å². The van der Waals surface area contributed by atoms with Gasteiger partial charge in [0, 0.05) is 12.3 Å². The van der Waals surface area contributed by atoms with Gasteiger partial charge in [0.05, 0.1) is 0 Å². The highest BCUT2D eigenvalue weighted by atomic mass is 79.9. The van der Waals surface area contributed by atoms with Gasteiger partial charge in [-0.2, -0.15) is 13.2 Å². The Labute approximate surface area is 84.1 Å². The fraction of sp³-hybridized carbons (Fsp3) is 0.143. The molecule has 3 nitrogen and oxygen atoms in total. The number of oxazole rings is 1. The van der Waals surface area contributed by atoms with Crippen molar-refractivity contribution in [2.45, 2.75) is 6.18 Å². The summed E-state index contributed by atoms with van der Waals surface area (Å²) < 4.78 is 41.2. The Hall–Kier alpha value is -1.11. The average molecular weight is 267 g/mol. The van der Waals surface area contributed by atoms with E-state index in [9.17, 15) is 13.2 Å². The minimum absolute atomic E-state index is 0.0548. The number of aromatic nitrogens is 2. The number of pyridine rings is 1. The quantitative estimate of drug-likeness (QED) is 0.688. The van der Waals surface area contributed by atoms with Crippen LogP contribution >= 0.6 is 15.9 Å². The summed E-state index contributed by atoms with van der Waals surface area (Å²) >= 11 is 2.98. The Morgan fingerprint density at radius 1 is 1.36 bits per heavy atom. The molecular formula is C7H2BrF3N2O. The van der Waals surface area contributed by atoms with Gasteiger partial charge < -0.3 is 4.42 Å². The lowest BCUT2D eigenvalue weighted by Crippen LogP contribution is -2.04. The number of nitrogens with zero attached hydrogens (tertiary/aromatic N) is 2. The summed E-state index contributed by atoms with van der Waals surface area (Å²) in [5.74, 6) is -1.26. The molecule has 0 N–H and O–H groups in total. The lowest BCUT2D eigenvalue weighted by Gasteiger charge is -1.96. The predicted molar refractivity (Wildman–Crippen MR) is 44.5 cm³/mol. The Morgan fingerprint density at radius 2 is 2.07 bits per heavy atom.